The van der Waals surface area contributed by atoms with E-state index in [0.29, 0.717) is 11.5 Å². The number of nitrogens with zero attached hydrogens (tertiary/aromatic N) is 1. The van der Waals surface area contributed by atoms with Gasteiger partial charge in [0, 0.05) is 22.7 Å². The van der Waals surface area contributed by atoms with Crippen LogP contribution in [0.25, 0.3) is 10.8 Å². The van der Waals surface area contributed by atoms with Gasteiger partial charge in [0.05, 0.1) is 6.54 Å². The lowest BCUT2D eigenvalue weighted by molar-refractivity contribution is 0.412. The molecule has 0 bridgehead atoms. The van der Waals surface area contributed by atoms with Gasteiger partial charge in [0.1, 0.15) is 16.9 Å². The van der Waals surface area contributed by atoms with Gasteiger partial charge in [-0.2, -0.15) is 0 Å². The van der Waals surface area contributed by atoms with Crippen molar-refractivity contribution >= 4 is 33.7 Å². The van der Waals surface area contributed by atoms with E-state index in [1.807, 2.05) is 42.5 Å². The molecule has 0 fully saturated rings. The third-order valence-electron chi connectivity index (χ3n) is 3.14. The minimum atomic E-state index is 0.407. The molecular formula is C15H13N3OS. The monoisotopic (exact) mass is 283 g/mol. The van der Waals surface area contributed by atoms with Crippen molar-refractivity contribution in [1.29, 1.82) is 0 Å². The second-order valence-electron chi connectivity index (χ2n) is 4.41. The molecule has 2 aromatic carbocycles. The van der Waals surface area contributed by atoms with E-state index in [0.717, 1.165) is 27.7 Å². The van der Waals surface area contributed by atoms with E-state index in [4.69, 9.17) is 22.5 Å². The molecule has 20 heavy (non-hydrogen) atoms. The van der Waals surface area contributed by atoms with Crippen molar-refractivity contribution < 1.29 is 4.52 Å². The summed E-state index contributed by atoms with van der Waals surface area (Å²) in [6.45, 7) is 0.604. The second kappa shape index (κ2) is 5.30. The number of nitrogens with one attached hydrogen (secondary N) is 1. The molecule has 3 aromatic rings. The van der Waals surface area contributed by atoms with Crippen molar-refractivity contribution in [3.63, 3.8) is 0 Å². The van der Waals surface area contributed by atoms with Crippen LogP contribution in [0.4, 0.5) is 5.69 Å². The smallest absolute Gasteiger partial charge is 0.124 e. The maximum atomic E-state index is 5.77. The Labute approximate surface area is 121 Å². The van der Waals surface area contributed by atoms with Crippen LogP contribution in [0.5, 0.6) is 0 Å². The standard InChI is InChI=1S/C15H13N3OS/c16-15(20)13-5-6-14(12-4-2-1-3-11(12)13)17-9-10-7-8-19-18-10/h1-8,17H,9H2,(H2,16,20). The number of benzene rings is 2. The van der Waals surface area contributed by atoms with Gasteiger partial charge in [-0.1, -0.05) is 41.6 Å². The molecule has 3 rings (SSSR count). The molecule has 0 aliphatic heterocycles. The molecule has 0 saturated heterocycles. The van der Waals surface area contributed by atoms with Crippen molar-refractivity contribution in [2.75, 3.05) is 5.32 Å². The quantitative estimate of drug-likeness (QED) is 0.720. The van der Waals surface area contributed by atoms with Gasteiger partial charge < -0.3 is 15.6 Å². The third-order valence-corrected chi connectivity index (χ3v) is 3.36. The summed E-state index contributed by atoms with van der Waals surface area (Å²) in [5.41, 5.74) is 8.53. The van der Waals surface area contributed by atoms with Crippen LogP contribution in [0, 0.1) is 0 Å². The molecule has 100 valence electrons. The predicted octanol–water partition coefficient (Wildman–Crippen LogP) is 3.07. The second-order valence-corrected chi connectivity index (χ2v) is 4.85. The van der Waals surface area contributed by atoms with E-state index in [1.165, 1.54) is 0 Å². The van der Waals surface area contributed by atoms with Crippen LogP contribution >= 0.6 is 12.2 Å². The number of nitrogens with two attached hydrogens (primary N) is 1. The van der Waals surface area contributed by atoms with Crippen molar-refractivity contribution in [2.24, 2.45) is 5.73 Å². The van der Waals surface area contributed by atoms with Gasteiger partial charge in [-0.15, -0.1) is 0 Å². The topological polar surface area (TPSA) is 64.1 Å². The van der Waals surface area contributed by atoms with Crippen LogP contribution in [0.15, 0.2) is 53.3 Å². The Hall–Kier alpha value is -2.40. The van der Waals surface area contributed by atoms with Crippen molar-refractivity contribution in [1.82, 2.24) is 5.16 Å². The molecule has 0 aliphatic rings. The Kier molecular flexibility index (Phi) is 3.35. The fourth-order valence-corrected chi connectivity index (χ4v) is 2.36. The van der Waals surface area contributed by atoms with Crippen LogP contribution in [0.1, 0.15) is 11.3 Å². The highest BCUT2D eigenvalue weighted by molar-refractivity contribution is 7.80. The van der Waals surface area contributed by atoms with Crippen molar-refractivity contribution in [2.45, 2.75) is 6.54 Å². The summed E-state index contributed by atoms with van der Waals surface area (Å²) < 4.78 is 4.82. The summed E-state index contributed by atoms with van der Waals surface area (Å²) in [6.07, 6.45) is 1.56. The zero-order valence-corrected chi connectivity index (χ0v) is 11.5. The Morgan fingerprint density at radius 1 is 1.15 bits per heavy atom. The highest BCUT2D eigenvalue weighted by atomic mass is 32.1. The van der Waals surface area contributed by atoms with Crippen molar-refractivity contribution in [3.05, 3.63) is 60.0 Å². The van der Waals surface area contributed by atoms with Crippen molar-refractivity contribution in [3.8, 4) is 0 Å². The van der Waals surface area contributed by atoms with Gasteiger partial charge in [-0.25, -0.2) is 0 Å². The first-order chi connectivity index (χ1) is 9.75. The molecule has 0 unspecified atom stereocenters. The first kappa shape index (κ1) is 12.6. The lowest BCUT2D eigenvalue weighted by Crippen LogP contribution is -2.10. The Morgan fingerprint density at radius 3 is 2.65 bits per heavy atom. The van der Waals surface area contributed by atoms with Crippen LogP contribution in [-0.4, -0.2) is 10.1 Å². The molecule has 5 heteroatoms. The van der Waals surface area contributed by atoms with Gasteiger partial charge in [0.2, 0.25) is 0 Å². The van der Waals surface area contributed by atoms with Gasteiger partial charge >= 0.3 is 0 Å². The van der Waals surface area contributed by atoms with Crippen LogP contribution in [0.3, 0.4) is 0 Å². The highest BCUT2D eigenvalue weighted by Crippen LogP contribution is 2.27. The van der Waals surface area contributed by atoms with Gasteiger partial charge in [0.15, 0.2) is 0 Å². The lowest BCUT2D eigenvalue weighted by Gasteiger charge is -2.11. The summed E-state index contributed by atoms with van der Waals surface area (Å²) in [5.74, 6) is 0. The van der Waals surface area contributed by atoms with E-state index in [9.17, 15) is 0 Å². The SMILES string of the molecule is NC(=S)c1ccc(NCc2ccon2)c2ccccc12. The van der Waals surface area contributed by atoms with Gasteiger partial charge in [0.25, 0.3) is 0 Å². The number of fused-ring (bicyclic) bond motifs is 1. The molecule has 0 atom stereocenters. The molecule has 3 N–H and O–H groups in total. The van der Waals surface area contributed by atoms with E-state index >= 15 is 0 Å². The Bertz CT molecular complexity index is 753. The fraction of sp³-hybridized carbons (Fsp3) is 0.0667. The normalized spacial score (nSPS) is 10.6. The number of rotatable bonds is 4. The van der Waals surface area contributed by atoms with E-state index in [1.54, 1.807) is 6.26 Å². The minimum absolute atomic E-state index is 0.407. The molecule has 0 amide bonds. The van der Waals surface area contributed by atoms with E-state index in [-0.39, 0.29) is 0 Å². The number of aromatic nitrogens is 1. The molecule has 0 radical (unpaired) electrons. The first-order valence-electron chi connectivity index (χ1n) is 6.20. The summed E-state index contributed by atoms with van der Waals surface area (Å²) in [6, 6.07) is 13.8. The zero-order chi connectivity index (χ0) is 13.9. The maximum Gasteiger partial charge on any atom is 0.124 e. The molecule has 1 aromatic heterocycles. The largest absolute Gasteiger partial charge is 0.389 e. The third kappa shape index (κ3) is 2.35. The van der Waals surface area contributed by atoms with Crippen LogP contribution in [0.2, 0.25) is 0 Å². The minimum Gasteiger partial charge on any atom is -0.389 e. The molecular weight excluding hydrogens is 270 g/mol. The van der Waals surface area contributed by atoms with Gasteiger partial charge in [-0.05, 0) is 17.5 Å². The first-order valence-corrected chi connectivity index (χ1v) is 6.61. The number of hydrogen-bond acceptors (Lipinski definition) is 4. The number of hydrogen-bond donors (Lipinski definition) is 2. The average molecular weight is 283 g/mol. The molecule has 1 heterocycles. The summed E-state index contributed by atoms with van der Waals surface area (Å²) >= 11 is 5.10. The Morgan fingerprint density at radius 2 is 1.95 bits per heavy atom. The Balaban J connectivity index is 1.99. The zero-order valence-electron chi connectivity index (χ0n) is 10.7. The summed E-state index contributed by atoms with van der Waals surface area (Å²) in [7, 11) is 0. The van der Waals surface area contributed by atoms with E-state index in [2.05, 4.69) is 10.5 Å². The number of thiocarbonyl (C=S) groups is 1. The molecule has 0 spiro atoms. The van der Waals surface area contributed by atoms with Gasteiger partial charge in [-0.3, -0.25) is 0 Å². The molecule has 0 aliphatic carbocycles. The van der Waals surface area contributed by atoms with Crippen LogP contribution < -0.4 is 11.1 Å². The fourth-order valence-electron chi connectivity index (χ4n) is 2.18. The lowest BCUT2D eigenvalue weighted by atomic mass is 10.0. The van der Waals surface area contributed by atoms with Crippen LogP contribution in [-0.2, 0) is 6.54 Å². The molecule has 0 saturated carbocycles. The number of anilines is 1. The maximum absolute atomic E-state index is 5.77. The molecule has 4 nitrogen and oxygen atoms in total. The summed E-state index contributed by atoms with van der Waals surface area (Å²) in [5, 5.41) is 9.36. The van der Waals surface area contributed by atoms with E-state index < -0.39 is 0 Å². The highest BCUT2D eigenvalue weighted by Gasteiger charge is 2.07. The average Bonchev–Trinajstić information content (AvgIpc) is 2.97. The predicted molar refractivity (Wildman–Crippen MR) is 83.7 cm³/mol. The summed E-state index contributed by atoms with van der Waals surface area (Å²) in [4.78, 5) is 0.407.